The highest BCUT2D eigenvalue weighted by atomic mass is 16.2. The summed E-state index contributed by atoms with van der Waals surface area (Å²) < 4.78 is 0. The van der Waals surface area contributed by atoms with E-state index in [2.05, 4.69) is 0 Å². The van der Waals surface area contributed by atoms with Crippen molar-refractivity contribution < 1.29 is 9.59 Å². The van der Waals surface area contributed by atoms with Crippen molar-refractivity contribution in [3.8, 4) is 0 Å². The molecule has 0 N–H and O–H groups in total. The Labute approximate surface area is 118 Å². The smallest absolute Gasteiger partial charge is 0.319 e. The standard InChI is InChI=1S/C7H16N2O.C7H15NO/c1-6(2)9(5)7(10)8(3)4;1-6(2)5-7(9)8(3)4/h6H,1-5H3;6H,5H2,1-4H3. The maximum absolute atomic E-state index is 11.1. The lowest BCUT2D eigenvalue weighted by Gasteiger charge is -2.24. The zero-order valence-corrected chi connectivity index (χ0v) is 14.0. The largest absolute Gasteiger partial charge is 0.349 e. The molecule has 0 saturated heterocycles. The quantitative estimate of drug-likeness (QED) is 0.790. The highest BCUT2D eigenvalue weighted by Crippen LogP contribution is 2.00. The van der Waals surface area contributed by atoms with E-state index < -0.39 is 0 Å². The highest BCUT2D eigenvalue weighted by molar-refractivity contribution is 5.75. The summed E-state index contributed by atoms with van der Waals surface area (Å²) in [5.74, 6) is 0.685. The minimum absolute atomic E-state index is 0.0509. The van der Waals surface area contributed by atoms with Gasteiger partial charge in [0.05, 0.1) is 0 Å². The molecule has 5 nitrogen and oxygen atoms in total. The second-order valence-corrected chi connectivity index (χ2v) is 5.77. The number of hydrogen-bond acceptors (Lipinski definition) is 2. The van der Waals surface area contributed by atoms with E-state index >= 15 is 0 Å². The van der Waals surface area contributed by atoms with E-state index in [1.54, 1.807) is 49.9 Å². The molecule has 3 amide bonds. The van der Waals surface area contributed by atoms with Gasteiger partial charge in [0.2, 0.25) is 5.91 Å². The Kier molecular flexibility index (Phi) is 10.2. The fraction of sp³-hybridized carbons (Fsp3) is 0.857. The van der Waals surface area contributed by atoms with E-state index in [-0.39, 0.29) is 18.0 Å². The highest BCUT2D eigenvalue weighted by Gasteiger charge is 2.12. The normalized spacial score (nSPS) is 9.84. The summed E-state index contributed by atoms with van der Waals surface area (Å²) in [5, 5.41) is 0. The molecule has 0 aliphatic heterocycles. The summed E-state index contributed by atoms with van der Waals surface area (Å²) in [6, 6.07) is 0.324. The Morgan fingerprint density at radius 3 is 1.37 bits per heavy atom. The van der Waals surface area contributed by atoms with Crippen molar-refractivity contribution in [3.63, 3.8) is 0 Å². The number of nitrogens with zero attached hydrogens (tertiary/aromatic N) is 3. The Bertz CT molecular complexity index is 274. The topological polar surface area (TPSA) is 43.9 Å². The van der Waals surface area contributed by atoms with Crippen molar-refractivity contribution >= 4 is 11.9 Å². The van der Waals surface area contributed by atoms with Gasteiger partial charge in [0.15, 0.2) is 0 Å². The summed E-state index contributed by atoms with van der Waals surface area (Å²) in [7, 11) is 8.87. The van der Waals surface area contributed by atoms with Crippen LogP contribution < -0.4 is 0 Å². The molecule has 0 aromatic rings. The van der Waals surface area contributed by atoms with Crippen LogP contribution in [0.25, 0.3) is 0 Å². The number of amides is 3. The van der Waals surface area contributed by atoms with Crippen molar-refractivity contribution in [1.82, 2.24) is 14.7 Å². The van der Waals surface area contributed by atoms with Gasteiger partial charge in [-0.15, -0.1) is 0 Å². The third-order valence-electron chi connectivity index (χ3n) is 2.54. The number of rotatable bonds is 3. The van der Waals surface area contributed by atoms with E-state index in [9.17, 15) is 9.59 Å². The van der Waals surface area contributed by atoms with Crippen molar-refractivity contribution in [1.29, 1.82) is 0 Å². The van der Waals surface area contributed by atoms with E-state index in [4.69, 9.17) is 0 Å². The molecule has 0 radical (unpaired) electrons. The van der Waals surface area contributed by atoms with Crippen molar-refractivity contribution in [2.75, 3.05) is 35.2 Å². The zero-order valence-electron chi connectivity index (χ0n) is 14.0. The van der Waals surface area contributed by atoms with Gasteiger partial charge in [-0.05, 0) is 19.8 Å². The van der Waals surface area contributed by atoms with Gasteiger partial charge in [-0.1, -0.05) is 13.8 Å². The average Bonchev–Trinajstić information content (AvgIpc) is 2.26. The van der Waals surface area contributed by atoms with Gasteiger partial charge in [-0.2, -0.15) is 0 Å². The molecule has 0 aromatic heterocycles. The van der Waals surface area contributed by atoms with E-state index in [1.807, 2.05) is 27.7 Å². The molecule has 0 aliphatic rings. The van der Waals surface area contributed by atoms with Gasteiger partial charge in [0.25, 0.3) is 0 Å². The summed E-state index contributed by atoms with van der Waals surface area (Å²) in [6.45, 7) is 8.06. The molecule has 0 saturated carbocycles. The van der Waals surface area contributed by atoms with Crippen LogP contribution in [0.3, 0.4) is 0 Å². The van der Waals surface area contributed by atoms with Crippen LogP contribution in [-0.4, -0.2) is 67.9 Å². The van der Waals surface area contributed by atoms with Crippen LogP contribution in [0, 0.1) is 5.92 Å². The summed E-state index contributed by atoms with van der Waals surface area (Å²) in [4.78, 5) is 26.9. The fourth-order valence-corrected chi connectivity index (χ4v) is 1.07. The Balaban J connectivity index is 0. The van der Waals surface area contributed by atoms with Gasteiger partial charge >= 0.3 is 6.03 Å². The second-order valence-electron chi connectivity index (χ2n) is 5.77. The van der Waals surface area contributed by atoms with Crippen LogP contribution in [-0.2, 0) is 4.79 Å². The number of hydrogen-bond donors (Lipinski definition) is 0. The Morgan fingerprint density at radius 1 is 0.842 bits per heavy atom. The maximum atomic E-state index is 11.1. The summed E-state index contributed by atoms with van der Waals surface area (Å²) in [5.41, 5.74) is 0. The third kappa shape index (κ3) is 10.4. The van der Waals surface area contributed by atoms with Crippen molar-refractivity contribution in [3.05, 3.63) is 0 Å². The summed E-state index contributed by atoms with van der Waals surface area (Å²) >= 11 is 0. The first-order valence-electron chi connectivity index (χ1n) is 6.64. The predicted octanol–water partition coefficient (Wildman–Crippen LogP) is 2.13. The molecule has 0 rings (SSSR count). The van der Waals surface area contributed by atoms with Crippen LogP contribution in [0.1, 0.15) is 34.1 Å². The van der Waals surface area contributed by atoms with Crippen LogP contribution in [0.5, 0.6) is 0 Å². The van der Waals surface area contributed by atoms with E-state index in [0.29, 0.717) is 12.3 Å². The maximum Gasteiger partial charge on any atom is 0.319 e. The number of carbonyl (C=O) groups excluding carboxylic acids is 2. The van der Waals surface area contributed by atoms with Gasteiger partial charge in [-0.3, -0.25) is 4.79 Å². The lowest BCUT2D eigenvalue weighted by molar-refractivity contribution is -0.129. The molecule has 5 heteroatoms. The molecule has 0 bridgehead atoms. The van der Waals surface area contributed by atoms with Crippen LogP contribution >= 0.6 is 0 Å². The minimum Gasteiger partial charge on any atom is -0.349 e. The zero-order chi connectivity index (χ0) is 15.7. The molecule has 0 heterocycles. The first-order valence-corrected chi connectivity index (χ1v) is 6.64. The molecular formula is C14H31N3O2. The van der Waals surface area contributed by atoms with Crippen LogP contribution in [0.15, 0.2) is 0 Å². The average molecular weight is 273 g/mol. The molecule has 0 unspecified atom stereocenters. The van der Waals surface area contributed by atoms with Gasteiger partial charge in [0, 0.05) is 47.7 Å². The molecule has 0 fully saturated rings. The lowest BCUT2D eigenvalue weighted by Crippen LogP contribution is -2.40. The van der Waals surface area contributed by atoms with Crippen LogP contribution in [0.4, 0.5) is 4.79 Å². The minimum atomic E-state index is 0.0509. The van der Waals surface area contributed by atoms with Crippen LogP contribution in [0.2, 0.25) is 0 Å². The molecule has 0 atom stereocenters. The molecule has 114 valence electrons. The summed E-state index contributed by atoms with van der Waals surface area (Å²) in [6.07, 6.45) is 0.660. The Morgan fingerprint density at radius 2 is 1.26 bits per heavy atom. The predicted molar refractivity (Wildman–Crippen MR) is 80.1 cm³/mol. The molecule has 0 aliphatic carbocycles. The van der Waals surface area contributed by atoms with E-state index in [0.717, 1.165) is 0 Å². The van der Waals surface area contributed by atoms with Crippen molar-refractivity contribution in [2.45, 2.75) is 40.2 Å². The SMILES string of the molecule is CC(C)CC(=O)N(C)C.CC(C)N(C)C(=O)N(C)C. The second kappa shape index (κ2) is 9.64. The van der Waals surface area contributed by atoms with Gasteiger partial charge < -0.3 is 14.7 Å². The number of urea groups is 1. The first-order chi connectivity index (χ1) is 8.50. The first kappa shape index (κ1) is 20.1. The fourth-order valence-electron chi connectivity index (χ4n) is 1.07. The lowest BCUT2D eigenvalue weighted by atomic mass is 10.1. The molecular weight excluding hydrogens is 242 g/mol. The molecule has 0 aromatic carbocycles. The monoisotopic (exact) mass is 273 g/mol. The number of carbonyl (C=O) groups is 2. The van der Waals surface area contributed by atoms with Gasteiger partial charge in [0.1, 0.15) is 0 Å². The molecule has 19 heavy (non-hydrogen) atoms. The Hall–Kier alpha value is -1.26. The molecule has 0 spiro atoms. The van der Waals surface area contributed by atoms with Gasteiger partial charge in [-0.25, -0.2) is 4.79 Å². The van der Waals surface area contributed by atoms with Crippen molar-refractivity contribution in [2.24, 2.45) is 5.92 Å². The van der Waals surface area contributed by atoms with E-state index in [1.165, 1.54) is 0 Å². The third-order valence-corrected chi connectivity index (χ3v) is 2.54.